The van der Waals surface area contributed by atoms with Gasteiger partial charge in [0.05, 0.1) is 10.6 Å². The first kappa shape index (κ1) is 18.8. The Labute approximate surface area is 170 Å². The molecule has 0 unspecified atom stereocenters. The summed E-state index contributed by atoms with van der Waals surface area (Å²) in [6.07, 6.45) is 7.54. The zero-order chi connectivity index (χ0) is 19.3. The lowest BCUT2D eigenvalue weighted by molar-refractivity contribution is -0.123. The number of rotatable bonds is 4. The summed E-state index contributed by atoms with van der Waals surface area (Å²) >= 11 is 1.46. The number of nitrogens with one attached hydrogen (secondary N) is 1. The van der Waals surface area contributed by atoms with Gasteiger partial charge >= 0.3 is 0 Å². The largest absolute Gasteiger partial charge is 0.352 e. The van der Waals surface area contributed by atoms with Gasteiger partial charge in [0, 0.05) is 10.9 Å². The van der Waals surface area contributed by atoms with E-state index in [1.54, 1.807) is 4.90 Å². The summed E-state index contributed by atoms with van der Waals surface area (Å²) < 4.78 is 0. The molecule has 144 valence electrons. The van der Waals surface area contributed by atoms with Crippen LogP contribution in [0.25, 0.3) is 6.08 Å². The summed E-state index contributed by atoms with van der Waals surface area (Å²) in [6.45, 7) is 0.0546. The summed E-state index contributed by atoms with van der Waals surface area (Å²) in [5.74, 6) is -0.202. The number of nitrogens with zero attached hydrogens (tertiary/aromatic N) is 1. The zero-order valence-corrected chi connectivity index (χ0v) is 16.6. The van der Waals surface area contributed by atoms with E-state index in [2.05, 4.69) is 5.32 Å². The van der Waals surface area contributed by atoms with E-state index in [1.165, 1.54) is 18.2 Å². The number of fused-ring (bicyclic) bond motifs is 1. The maximum atomic E-state index is 13.2. The van der Waals surface area contributed by atoms with Crippen molar-refractivity contribution in [2.24, 2.45) is 0 Å². The molecule has 0 saturated heterocycles. The standard InChI is InChI=1S/C23H24N2O2S/c26-22(24-18-11-5-2-6-12-18)16-25-19-13-7-8-14-20(19)28-21(23(25)27)15-17-9-3-1-4-10-17/h1,3-4,7-10,13-15,18H,2,5-6,11-12,16H2,(H,24,26). The maximum absolute atomic E-state index is 13.2. The molecule has 1 fully saturated rings. The Kier molecular flexibility index (Phi) is 5.81. The second-order valence-corrected chi connectivity index (χ2v) is 8.37. The van der Waals surface area contributed by atoms with Crippen molar-refractivity contribution in [3.05, 3.63) is 65.1 Å². The van der Waals surface area contributed by atoms with Gasteiger partial charge in [0.15, 0.2) is 0 Å². The first-order chi connectivity index (χ1) is 13.7. The number of para-hydroxylation sites is 1. The van der Waals surface area contributed by atoms with Crippen molar-refractivity contribution in [3.8, 4) is 0 Å². The van der Waals surface area contributed by atoms with Crippen molar-refractivity contribution in [3.63, 3.8) is 0 Å². The third-order valence-electron chi connectivity index (χ3n) is 5.20. The van der Waals surface area contributed by atoms with Crippen LogP contribution in [-0.4, -0.2) is 24.4 Å². The van der Waals surface area contributed by atoms with Gasteiger partial charge in [-0.3, -0.25) is 14.5 Å². The molecule has 0 atom stereocenters. The molecule has 0 radical (unpaired) electrons. The van der Waals surface area contributed by atoms with Crippen molar-refractivity contribution in [1.29, 1.82) is 0 Å². The van der Waals surface area contributed by atoms with Gasteiger partial charge in [0.2, 0.25) is 5.91 Å². The minimum Gasteiger partial charge on any atom is -0.352 e. The van der Waals surface area contributed by atoms with E-state index in [4.69, 9.17) is 0 Å². The quantitative estimate of drug-likeness (QED) is 0.773. The van der Waals surface area contributed by atoms with E-state index in [-0.39, 0.29) is 24.4 Å². The molecule has 1 N–H and O–H groups in total. The van der Waals surface area contributed by atoms with Crippen molar-refractivity contribution < 1.29 is 9.59 Å². The van der Waals surface area contributed by atoms with Gasteiger partial charge in [-0.25, -0.2) is 0 Å². The predicted molar refractivity (Wildman–Crippen MR) is 114 cm³/mol. The number of hydrogen-bond acceptors (Lipinski definition) is 3. The Balaban J connectivity index is 1.56. The Morgan fingerprint density at radius 1 is 1.04 bits per heavy atom. The topological polar surface area (TPSA) is 49.4 Å². The van der Waals surface area contributed by atoms with E-state index >= 15 is 0 Å². The average Bonchev–Trinajstić information content (AvgIpc) is 2.72. The molecule has 4 rings (SSSR count). The van der Waals surface area contributed by atoms with Crippen LogP contribution in [0.3, 0.4) is 0 Å². The SMILES string of the molecule is O=C(CN1C(=O)C(=Cc2ccccc2)Sc2ccccc21)NC1CCCCC1. The molecular formula is C23H24N2O2S. The molecule has 1 aliphatic carbocycles. The molecule has 2 aromatic rings. The lowest BCUT2D eigenvalue weighted by atomic mass is 9.95. The van der Waals surface area contributed by atoms with Gasteiger partial charge in [-0.1, -0.05) is 73.5 Å². The molecule has 1 heterocycles. The molecule has 0 bridgehead atoms. The summed E-state index contributed by atoms with van der Waals surface area (Å²) in [4.78, 5) is 29.1. The molecule has 2 amide bonds. The number of benzene rings is 2. The Bertz CT molecular complexity index is 888. The fraction of sp³-hybridized carbons (Fsp3) is 0.304. The third kappa shape index (κ3) is 4.30. The summed E-state index contributed by atoms with van der Waals surface area (Å²) in [7, 11) is 0. The second-order valence-electron chi connectivity index (χ2n) is 7.28. The normalized spacial score (nSPS) is 18.8. The molecule has 2 aliphatic rings. The average molecular weight is 393 g/mol. The maximum Gasteiger partial charge on any atom is 0.265 e. The van der Waals surface area contributed by atoms with Crippen LogP contribution in [0.1, 0.15) is 37.7 Å². The van der Waals surface area contributed by atoms with Gasteiger partial charge in [0.25, 0.3) is 5.91 Å². The van der Waals surface area contributed by atoms with Crippen LogP contribution in [0.2, 0.25) is 0 Å². The predicted octanol–water partition coefficient (Wildman–Crippen LogP) is 4.62. The van der Waals surface area contributed by atoms with Gasteiger partial charge in [-0.05, 0) is 36.6 Å². The smallest absolute Gasteiger partial charge is 0.265 e. The third-order valence-corrected chi connectivity index (χ3v) is 6.28. The van der Waals surface area contributed by atoms with E-state index in [0.717, 1.165) is 41.8 Å². The van der Waals surface area contributed by atoms with Crippen LogP contribution in [0.15, 0.2) is 64.4 Å². The number of anilines is 1. The molecule has 1 aliphatic heterocycles. The number of carbonyl (C=O) groups is 2. The molecule has 5 heteroatoms. The van der Waals surface area contributed by atoms with Crippen LogP contribution in [-0.2, 0) is 9.59 Å². The van der Waals surface area contributed by atoms with Gasteiger partial charge in [-0.15, -0.1) is 0 Å². The molecule has 2 aromatic carbocycles. The fourth-order valence-corrected chi connectivity index (χ4v) is 4.84. The monoisotopic (exact) mass is 392 g/mol. The van der Waals surface area contributed by atoms with E-state index < -0.39 is 0 Å². The highest BCUT2D eigenvalue weighted by Crippen LogP contribution is 2.41. The highest BCUT2D eigenvalue weighted by Gasteiger charge is 2.31. The minimum atomic E-state index is -0.119. The van der Waals surface area contributed by atoms with E-state index in [9.17, 15) is 9.59 Å². The summed E-state index contributed by atoms with van der Waals surface area (Å²) in [6, 6.07) is 17.8. The Morgan fingerprint density at radius 3 is 2.54 bits per heavy atom. The van der Waals surface area contributed by atoms with Crippen LogP contribution >= 0.6 is 11.8 Å². The van der Waals surface area contributed by atoms with E-state index in [0.29, 0.717) is 4.91 Å². The highest BCUT2D eigenvalue weighted by molar-refractivity contribution is 8.04. The van der Waals surface area contributed by atoms with Crippen molar-refractivity contribution in [2.45, 2.75) is 43.0 Å². The van der Waals surface area contributed by atoms with E-state index in [1.807, 2.05) is 60.7 Å². The number of thioether (sulfide) groups is 1. The highest BCUT2D eigenvalue weighted by atomic mass is 32.2. The van der Waals surface area contributed by atoms with Crippen molar-refractivity contribution >= 4 is 35.3 Å². The van der Waals surface area contributed by atoms with Gasteiger partial charge < -0.3 is 5.32 Å². The number of carbonyl (C=O) groups excluding carboxylic acids is 2. The molecule has 0 spiro atoms. The zero-order valence-electron chi connectivity index (χ0n) is 15.8. The lowest BCUT2D eigenvalue weighted by Gasteiger charge is -2.31. The molecule has 1 saturated carbocycles. The number of amides is 2. The van der Waals surface area contributed by atoms with Crippen LogP contribution in [0, 0.1) is 0 Å². The van der Waals surface area contributed by atoms with Crippen LogP contribution < -0.4 is 10.2 Å². The summed E-state index contributed by atoms with van der Waals surface area (Å²) in [5, 5.41) is 3.12. The molecular weight excluding hydrogens is 368 g/mol. The Morgan fingerprint density at radius 2 is 1.75 bits per heavy atom. The molecule has 0 aromatic heterocycles. The molecule has 4 nitrogen and oxygen atoms in total. The fourth-order valence-electron chi connectivity index (χ4n) is 3.78. The number of hydrogen-bond donors (Lipinski definition) is 1. The van der Waals surface area contributed by atoms with Crippen molar-refractivity contribution in [2.75, 3.05) is 11.4 Å². The Hall–Kier alpha value is -2.53. The van der Waals surface area contributed by atoms with Gasteiger partial charge in [-0.2, -0.15) is 0 Å². The van der Waals surface area contributed by atoms with Crippen molar-refractivity contribution in [1.82, 2.24) is 5.32 Å². The van der Waals surface area contributed by atoms with Gasteiger partial charge in [0.1, 0.15) is 6.54 Å². The lowest BCUT2D eigenvalue weighted by Crippen LogP contribution is -2.46. The summed E-state index contributed by atoms with van der Waals surface area (Å²) in [5.41, 5.74) is 1.78. The first-order valence-corrected chi connectivity index (χ1v) is 10.7. The van der Waals surface area contributed by atoms with Crippen LogP contribution in [0.4, 0.5) is 5.69 Å². The minimum absolute atomic E-state index is 0.0546. The molecule has 28 heavy (non-hydrogen) atoms. The second kappa shape index (κ2) is 8.65. The first-order valence-electron chi connectivity index (χ1n) is 9.85. The van der Waals surface area contributed by atoms with Crippen LogP contribution in [0.5, 0.6) is 0 Å².